The molecule has 0 N–H and O–H groups in total. The third kappa shape index (κ3) is 2.87. The van der Waals surface area contributed by atoms with Gasteiger partial charge in [-0.05, 0) is 45.7 Å². The topological polar surface area (TPSA) is 31.2 Å². The van der Waals surface area contributed by atoms with Crippen molar-refractivity contribution in [3.05, 3.63) is 35.5 Å². The summed E-state index contributed by atoms with van der Waals surface area (Å²) in [4.78, 5) is 12.5. The van der Waals surface area contributed by atoms with Gasteiger partial charge in [-0.15, -0.1) is 0 Å². The number of aromatic nitrogens is 1. The second-order valence-electron chi connectivity index (χ2n) is 6.21. The Hall–Kier alpha value is -1.77. The monoisotopic (exact) mass is 273 g/mol. The minimum atomic E-state index is -0.486. The van der Waals surface area contributed by atoms with E-state index in [0.717, 1.165) is 29.4 Å². The van der Waals surface area contributed by atoms with E-state index in [-0.39, 0.29) is 6.09 Å². The number of aryl methyl sites for hydroxylation is 2. The zero-order valence-corrected chi connectivity index (χ0v) is 13.0. The Morgan fingerprint density at radius 3 is 2.60 bits per heavy atom. The molecule has 0 unspecified atom stereocenters. The van der Waals surface area contributed by atoms with Gasteiger partial charge in [0.15, 0.2) is 0 Å². The van der Waals surface area contributed by atoms with Gasteiger partial charge in [0.1, 0.15) is 5.60 Å². The molecule has 0 fully saturated rings. The highest BCUT2D eigenvalue weighted by atomic mass is 16.6. The van der Waals surface area contributed by atoms with Crippen LogP contribution >= 0.6 is 0 Å². The molecule has 3 nitrogen and oxygen atoms in total. The molecule has 3 heteroatoms. The van der Waals surface area contributed by atoms with E-state index in [9.17, 15) is 4.79 Å². The third-order valence-corrected chi connectivity index (χ3v) is 3.19. The number of ether oxygens (including phenoxy) is 1. The van der Waals surface area contributed by atoms with Gasteiger partial charge < -0.3 is 4.74 Å². The van der Waals surface area contributed by atoms with Crippen molar-refractivity contribution in [2.45, 2.75) is 53.1 Å². The Labute approximate surface area is 120 Å². The zero-order valence-electron chi connectivity index (χ0n) is 13.0. The number of hydrogen-bond donors (Lipinski definition) is 0. The molecule has 0 atom stereocenters. The molecule has 0 spiro atoms. The lowest BCUT2D eigenvalue weighted by atomic mass is 10.1. The van der Waals surface area contributed by atoms with E-state index in [1.165, 1.54) is 5.56 Å². The van der Waals surface area contributed by atoms with Gasteiger partial charge in [-0.1, -0.05) is 31.5 Å². The van der Waals surface area contributed by atoms with Gasteiger partial charge in [0.25, 0.3) is 0 Å². The van der Waals surface area contributed by atoms with Crippen LogP contribution in [0.1, 0.15) is 45.4 Å². The minimum Gasteiger partial charge on any atom is -0.443 e. The minimum absolute atomic E-state index is 0.298. The van der Waals surface area contributed by atoms with Gasteiger partial charge >= 0.3 is 6.09 Å². The van der Waals surface area contributed by atoms with Crippen LogP contribution in [0.25, 0.3) is 10.9 Å². The lowest BCUT2D eigenvalue weighted by Gasteiger charge is -2.21. The van der Waals surface area contributed by atoms with Crippen LogP contribution in [0, 0.1) is 6.92 Å². The number of rotatable bonds is 2. The summed E-state index contributed by atoms with van der Waals surface area (Å²) in [6.07, 6.45) is 1.72. The molecule has 2 rings (SSSR count). The van der Waals surface area contributed by atoms with E-state index in [2.05, 4.69) is 13.0 Å². The fourth-order valence-corrected chi connectivity index (χ4v) is 2.48. The van der Waals surface area contributed by atoms with Crippen molar-refractivity contribution in [1.29, 1.82) is 0 Å². The van der Waals surface area contributed by atoms with Crippen molar-refractivity contribution in [3.8, 4) is 0 Å². The maximum atomic E-state index is 12.5. The highest BCUT2D eigenvalue weighted by molar-refractivity contribution is 5.93. The summed E-state index contributed by atoms with van der Waals surface area (Å²) in [7, 11) is 0. The SMILES string of the molecule is CCCc1cccc2cc(C)n(C(=O)OC(C)(C)C)c12. The summed E-state index contributed by atoms with van der Waals surface area (Å²) in [5.74, 6) is 0. The molecule has 1 heterocycles. The Kier molecular flexibility index (Phi) is 3.89. The average molecular weight is 273 g/mol. The van der Waals surface area contributed by atoms with Crippen LogP contribution < -0.4 is 0 Å². The molecule has 0 radical (unpaired) electrons. The molecule has 20 heavy (non-hydrogen) atoms. The van der Waals surface area contributed by atoms with E-state index < -0.39 is 5.60 Å². The molecule has 1 aromatic heterocycles. The molecule has 0 amide bonds. The predicted octanol–water partition coefficient (Wildman–Crippen LogP) is 4.69. The van der Waals surface area contributed by atoms with Crippen LogP contribution in [-0.2, 0) is 11.2 Å². The fourth-order valence-electron chi connectivity index (χ4n) is 2.48. The Morgan fingerprint density at radius 2 is 2.00 bits per heavy atom. The Bertz CT molecular complexity index is 632. The van der Waals surface area contributed by atoms with E-state index in [1.54, 1.807) is 4.57 Å². The van der Waals surface area contributed by atoms with Gasteiger partial charge in [-0.25, -0.2) is 9.36 Å². The molecule has 1 aromatic carbocycles. The van der Waals surface area contributed by atoms with Gasteiger partial charge in [-0.2, -0.15) is 0 Å². The lowest BCUT2D eigenvalue weighted by Crippen LogP contribution is -2.27. The van der Waals surface area contributed by atoms with Crippen molar-refractivity contribution < 1.29 is 9.53 Å². The molecule has 0 saturated heterocycles. The Morgan fingerprint density at radius 1 is 1.30 bits per heavy atom. The first kappa shape index (κ1) is 14.6. The molecular weight excluding hydrogens is 250 g/mol. The second kappa shape index (κ2) is 5.31. The van der Waals surface area contributed by atoms with Crippen LogP contribution in [0.15, 0.2) is 24.3 Å². The van der Waals surface area contributed by atoms with E-state index >= 15 is 0 Å². The molecular formula is C17H23NO2. The van der Waals surface area contributed by atoms with Gasteiger partial charge in [0, 0.05) is 11.1 Å². The number of nitrogens with zero attached hydrogens (tertiary/aromatic N) is 1. The first-order valence-corrected chi connectivity index (χ1v) is 7.17. The number of para-hydroxylation sites is 1. The lowest BCUT2D eigenvalue weighted by molar-refractivity contribution is 0.0541. The fraction of sp³-hybridized carbons (Fsp3) is 0.471. The summed E-state index contributed by atoms with van der Waals surface area (Å²) in [5.41, 5.74) is 2.61. The first-order valence-electron chi connectivity index (χ1n) is 7.17. The first-order chi connectivity index (χ1) is 9.33. The zero-order chi connectivity index (χ0) is 14.9. The van der Waals surface area contributed by atoms with E-state index in [1.807, 2.05) is 45.9 Å². The number of hydrogen-bond acceptors (Lipinski definition) is 2. The van der Waals surface area contributed by atoms with Crippen molar-refractivity contribution in [2.24, 2.45) is 0 Å². The van der Waals surface area contributed by atoms with Crippen LogP contribution in [-0.4, -0.2) is 16.3 Å². The van der Waals surface area contributed by atoms with Gasteiger partial charge in [0.05, 0.1) is 5.52 Å². The molecule has 0 aliphatic heterocycles. The van der Waals surface area contributed by atoms with Crippen LogP contribution in [0.5, 0.6) is 0 Å². The molecule has 2 aromatic rings. The summed E-state index contributed by atoms with van der Waals surface area (Å²) >= 11 is 0. The normalized spacial score (nSPS) is 11.8. The smallest absolute Gasteiger partial charge is 0.419 e. The van der Waals surface area contributed by atoms with Crippen LogP contribution in [0.4, 0.5) is 4.79 Å². The van der Waals surface area contributed by atoms with Gasteiger partial charge in [0.2, 0.25) is 0 Å². The summed E-state index contributed by atoms with van der Waals surface area (Å²) in [6.45, 7) is 9.75. The number of carbonyl (C=O) groups is 1. The quantitative estimate of drug-likeness (QED) is 0.795. The molecule has 0 aliphatic rings. The maximum absolute atomic E-state index is 12.5. The summed E-state index contributed by atoms with van der Waals surface area (Å²) < 4.78 is 7.23. The van der Waals surface area contributed by atoms with Crippen molar-refractivity contribution in [2.75, 3.05) is 0 Å². The summed E-state index contributed by atoms with van der Waals surface area (Å²) in [6, 6.07) is 8.22. The van der Waals surface area contributed by atoms with Crippen LogP contribution in [0.2, 0.25) is 0 Å². The molecule has 0 saturated carbocycles. The molecule has 0 bridgehead atoms. The molecule has 0 aliphatic carbocycles. The number of carbonyl (C=O) groups excluding carboxylic acids is 1. The molecule has 108 valence electrons. The average Bonchev–Trinajstić information content (AvgIpc) is 2.64. The van der Waals surface area contributed by atoms with E-state index in [0.29, 0.717) is 0 Å². The maximum Gasteiger partial charge on any atom is 0.419 e. The van der Waals surface area contributed by atoms with Crippen molar-refractivity contribution in [1.82, 2.24) is 4.57 Å². The summed E-state index contributed by atoms with van der Waals surface area (Å²) in [5, 5.41) is 1.10. The Balaban J connectivity index is 2.57. The number of benzene rings is 1. The predicted molar refractivity (Wildman–Crippen MR) is 82.3 cm³/mol. The standard InChI is InChI=1S/C17H23NO2/c1-6-8-13-9-7-10-14-11-12(2)18(15(13)14)16(19)20-17(3,4)5/h7,9-11H,6,8H2,1-5H3. The van der Waals surface area contributed by atoms with Crippen LogP contribution in [0.3, 0.4) is 0 Å². The van der Waals surface area contributed by atoms with Gasteiger partial charge in [-0.3, -0.25) is 0 Å². The van der Waals surface area contributed by atoms with E-state index in [4.69, 9.17) is 4.74 Å². The van der Waals surface area contributed by atoms with Crippen molar-refractivity contribution >= 4 is 17.0 Å². The highest BCUT2D eigenvalue weighted by Gasteiger charge is 2.21. The second-order valence-corrected chi connectivity index (χ2v) is 6.21. The third-order valence-electron chi connectivity index (χ3n) is 3.19. The van der Waals surface area contributed by atoms with Crippen molar-refractivity contribution in [3.63, 3.8) is 0 Å². The number of fused-ring (bicyclic) bond motifs is 1. The highest BCUT2D eigenvalue weighted by Crippen LogP contribution is 2.25. The largest absolute Gasteiger partial charge is 0.443 e.